The molecule has 2 heterocycles. The Balaban J connectivity index is 1.95. The third kappa shape index (κ3) is 4.62. The van der Waals surface area contributed by atoms with Gasteiger partial charge in [0.2, 0.25) is 11.6 Å². The molecule has 0 bridgehead atoms. The zero-order valence-corrected chi connectivity index (χ0v) is 19.7. The molecule has 0 saturated carbocycles. The van der Waals surface area contributed by atoms with Gasteiger partial charge in [-0.3, -0.25) is 9.59 Å². The lowest BCUT2D eigenvalue weighted by atomic mass is 9.98. The molecule has 32 heavy (non-hydrogen) atoms. The highest BCUT2D eigenvalue weighted by molar-refractivity contribution is 9.10. The Morgan fingerprint density at radius 1 is 1.12 bits per heavy atom. The second kappa shape index (κ2) is 9.92. The Labute approximate surface area is 192 Å². The first kappa shape index (κ1) is 24.1. The van der Waals surface area contributed by atoms with Crippen LogP contribution in [0.4, 0.5) is 0 Å². The predicted molar refractivity (Wildman–Crippen MR) is 112 cm³/mol. The van der Waals surface area contributed by atoms with Crippen molar-refractivity contribution in [3.63, 3.8) is 0 Å². The lowest BCUT2D eigenvalue weighted by molar-refractivity contribution is -0.228. The lowest BCUT2D eigenvalue weighted by Crippen LogP contribution is -2.59. The summed E-state index contributed by atoms with van der Waals surface area (Å²) in [5, 5.41) is 10.9. The number of ether oxygens (including phenoxy) is 7. The standard InChI is InChI=1S/C20H24BrNO10/c1-8(23)29-7-12-15(30-9(2)24)14(25)18-20(31-12)22-19(32-18)10-6-11(26-3)16(27-4)17(28-5)13(10)21/h6,12,14-15,18,20,25H,7H2,1-5H3/t12-,14+,15-,18-,20+/m1/s1. The second-order valence-corrected chi connectivity index (χ2v) is 7.75. The van der Waals surface area contributed by atoms with E-state index in [9.17, 15) is 14.7 Å². The summed E-state index contributed by atoms with van der Waals surface area (Å²) in [6, 6.07) is 1.63. The van der Waals surface area contributed by atoms with Crippen molar-refractivity contribution in [1.82, 2.24) is 0 Å². The Morgan fingerprint density at radius 3 is 2.38 bits per heavy atom. The number of carbonyl (C=O) groups excluding carboxylic acids is 2. The molecule has 0 unspecified atom stereocenters. The molecule has 1 fully saturated rings. The fourth-order valence-corrected chi connectivity index (χ4v) is 4.12. The van der Waals surface area contributed by atoms with E-state index in [1.54, 1.807) is 6.07 Å². The van der Waals surface area contributed by atoms with Gasteiger partial charge in [0, 0.05) is 13.8 Å². The normalized spacial score (nSPS) is 26.3. The minimum absolute atomic E-state index is 0.139. The number of aliphatic hydroxyl groups excluding tert-OH is 1. The van der Waals surface area contributed by atoms with Gasteiger partial charge < -0.3 is 38.3 Å². The molecule has 1 aromatic carbocycles. The van der Waals surface area contributed by atoms with Crippen LogP contribution in [0.1, 0.15) is 19.4 Å². The lowest BCUT2D eigenvalue weighted by Gasteiger charge is -2.39. The van der Waals surface area contributed by atoms with Crippen LogP contribution in [0.2, 0.25) is 0 Å². The van der Waals surface area contributed by atoms with Crippen LogP contribution in [0.5, 0.6) is 17.2 Å². The fraction of sp³-hybridized carbons (Fsp3) is 0.550. The van der Waals surface area contributed by atoms with E-state index < -0.39 is 42.6 Å². The highest BCUT2D eigenvalue weighted by Crippen LogP contribution is 2.46. The molecule has 1 saturated heterocycles. The summed E-state index contributed by atoms with van der Waals surface area (Å²) >= 11 is 3.47. The van der Waals surface area contributed by atoms with Crippen LogP contribution >= 0.6 is 15.9 Å². The molecule has 2 aliphatic rings. The van der Waals surface area contributed by atoms with Crippen LogP contribution in [0.25, 0.3) is 0 Å². The number of hydrogen-bond acceptors (Lipinski definition) is 11. The van der Waals surface area contributed by atoms with Crippen LogP contribution in [0.3, 0.4) is 0 Å². The maximum absolute atomic E-state index is 11.6. The highest BCUT2D eigenvalue weighted by atomic mass is 79.9. The maximum Gasteiger partial charge on any atom is 0.303 e. The van der Waals surface area contributed by atoms with Crippen LogP contribution < -0.4 is 14.2 Å². The zero-order valence-electron chi connectivity index (χ0n) is 18.1. The van der Waals surface area contributed by atoms with Crippen LogP contribution in [-0.2, 0) is 28.5 Å². The molecule has 0 aromatic heterocycles. The molecule has 2 aliphatic heterocycles. The van der Waals surface area contributed by atoms with Crippen LogP contribution in [-0.4, -0.2) is 81.5 Å². The predicted octanol–water partition coefficient (Wildman–Crippen LogP) is 1.20. The summed E-state index contributed by atoms with van der Waals surface area (Å²) in [6.07, 6.45) is -5.24. The third-order valence-electron chi connectivity index (χ3n) is 4.88. The molecule has 0 radical (unpaired) electrons. The van der Waals surface area contributed by atoms with Crippen molar-refractivity contribution < 1.29 is 47.9 Å². The Kier molecular flexibility index (Phi) is 7.47. The number of benzene rings is 1. The molecular weight excluding hydrogens is 494 g/mol. The molecule has 5 atom stereocenters. The van der Waals surface area contributed by atoms with E-state index in [0.29, 0.717) is 27.3 Å². The first-order valence-electron chi connectivity index (χ1n) is 9.59. The molecule has 0 amide bonds. The van der Waals surface area contributed by atoms with Gasteiger partial charge in [-0.15, -0.1) is 0 Å². The van der Waals surface area contributed by atoms with Gasteiger partial charge in [0.1, 0.15) is 18.8 Å². The molecule has 1 aromatic rings. The molecule has 0 aliphatic carbocycles. The molecule has 176 valence electrons. The molecule has 12 heteroatoms. The van der Waals surface area contributed by atoms with Gasteiger partial charge in [-0.05, 0) is 22.0 Å². The van der Waals surface area contributed by atoms with Crippen molar-refractivity contribution in [2.75, 3.05) is 27.9 Å². The third-order valence-corrected chi connectivity index (χ3v) is 5.67. The summed E-state index contributed by atoms with van der Waals surface area (Å²) in [4.78, 5) is 27.2. The topological polar surface area (TPSA) is 131 Å². The van der Waals surface area contributed by atoms with Gasteiger partial charge in [0.05, 0.1) is 31.4 Å². The first-order chi connectivity index (χ1) is 15.2. The minimum atomic E-state index is -1.29. The van der Waals surface area contributed by atoms with Crippen molar-refractivity contribution in [2.45, 2.75) is 44.5 Å². The number of aliphatic hydroxyl groups is 1. The monoisotopic (exact) mass is 517 g/mol. The number of nitrogens with zero attached hydrogens (tertiary/aromatic N) is 1. The van der Waals surface area contributed by atoms with Crippen LogP contribution in [0.15, 0.2) is 15.5 Å². The average Bonchev–Trinajstić information content (AvgIpc) is 3.17. The van der Waals surface area contributed by atoms with Gasteiger partial charge in [0.15, 0.2) is 29.9 Å². The summed E-state index contributed by atoms with van der Waals surface area (Å²) in [5.74, 6) is 0.0651. The van der Waals surface area contributed by atoms with Gasteiger partial charge in [0.25, 0.3) is 0 Å². The number of halogens is 1. The van der Waals surface area contributed by atoms with E-state index in [0.717, 1.165) is 0 Å². The molecule has 0 spiro atoms. The number of carbonyl (C=O) groups is 2. The van der Waals surface area contributed by atoms with Crippen molar-refractivity contribution >= 4 is 33.8 Å². The van der Waals surface area contributed by atoms with Gasteiger partial charge in [-0.25, -0.2) is 4.99 Å². The molecular formula is C20H24BrNO10. The van der Waals surface area contributed by atoms with E-state index >= 15 is 0 Å². The van der Waals surface area contributed by atoms with Gasteiger partial charge >= 0.3 is 11.9 Å². The number of rotatable bonds is 7. The first-order valence-corrected chi connectivity index (χ1v) is 10.4. The SMILES string of the molecule is COc1cc(C2=N[C@H]3O[C@H](COC(C)=O)[C@@H](OC(C)=O)[C@H](O)[C@H]3O2)c(Br)c(OC)c1OC. The molecule has 11 nitrogen and oxygen atoms in total. The molecule has 3 rings (SSSR count). The van der Waals surface area contributed by atoms with E-state index in [4.69, 9.17) is 33.2 Å². The van der Waals surface area contributed by atoms with Gasteiger partial charge in [-0.1, -0.05) is 0 Å². The number of aliphatic imine (C=N–C) groups is 1. The van der Waals surface area contributed by atoms with Crippen molar-refractivity contribution in [3.8, 4) is 17.2 Å². The van der Waals surface area contributed by atoms with Gasteiger partial charge in [-0.2, -0.15) is 0 Å². The van der Waals surface area contributed by atoms with Crippen molar-refractivity contribution in [2.24, 2.45) is 4.99 Å². The summed E-state index contributed by atoms with van der Waals surface area (Å²) < 4.78 is 38.6. The minimum Gasteiger partial charge on any atom is -0.493 e. The number of methoxy groups -OCH3 is 3. The second-order valence-electron chi connectivity index (χ2n) is 6.96. The van der Waals surface area contributed by atoms with E-state index in [1.165, 1.54) is 35.2 Å². The maximum atomic E-state index is 11.6. The number of fused-ring (bicyclic) bond motifs is 1. The fourth-order valence-electron chi connectivity index (χ4n) is 3.50. The average molecular weight is 518 g/mol. The van der Waals surface area contributed by atoms with E-state index in [1.807, 2.05) is 0 Å². The summed E-state index contributed by atoms with van der Waals surface area (Å²) in [7, 11) is 4.43. The zero-order chi connectivity index (χ0) is 23.6. The van der Waals surface area contributed by atoms with E-state index in [2.05, 4.69) is 20.9 Å². The number of esters is 2. The van der Waals surface area contributed by atoms with Crippen molar-refractivity contribution in [1.29, 1.82) is 0 Å². The van der Waals surface area contributed by atoms with Crippen molar-refractivity contribution in [3.05, 3.63) is 16.1 Å². The number of hydrogen-bond donors (Lipinski definition) is 1. The Morgan fingerprint density at radius 2 is 1.81 bits per heavy atom. The molecule has 1 N–H and O–H groups in total. The Bertz CT molecular complexity index is 920. The quantitative estimate of drug-likeness (QED) is 0.526. The smallest absolute Gasteiger partial charge is 0.303 e. The largest absolute Gasteiger partial charge is 0.493 e. The highest BCUT2D eigenvalue weighted by Gasteiger charge is 2.52. The summed E-state index contributed by atoms with van der Waals surface area (Å²) in [6.45, 7) is 2.21. The van der Waals surface area contributed by atoms with E-state index in [-0.39, 0.29) is 12.5 Å². The Hall–Kier alpha value is -2.57. The van der Waals surface area contributed by atoms with Crippen LogP contribution in [0, 0.1) is 0 Å². The summed E-state index contributed by atoms with van der Waals surface area (Å²) in [5.41, 5.74) is 0.463.